The first-order chi connectivity index (χ1) is 16.5. The Morgan fingerprint density at radius 1 is 1.00 bits per heavy atom. The van der Waals surface area contributed by atoms with Crippen molar-refractivity contribution in [3.05, 3.63) is 0 Å². The fourth-order valence-corrected chi connectivity index (χ4v) is 9.02. The summed E-state index contributed by atoms with van der Waals surface area (Å²) in [4.78, 5) is 29.3. The molecule has 4 saturated carbocycles. The van der Waals surface area contributed by atoms with Crippen LogP contribution < -0.4 is 0 Å². The molecule has 0 spiro atoms. The number of esters is 1. The Labute approximate surface area is 210 Å². The van der Waals surface area contributed by atoms with Crippen LogP contribution in [0, 0.1) is 46.3 Å². The average Bonchev–Trinajstić information content (AvgIpc) is 3.09. The van der Waals surface area contributed by atoms with Gasteiger partial charge in [-0.05, 0) is 78.9 Å². The van der Waals surface area contributed by atoms with Crippen LogP contribution in [0.2, 0.25) is 0 Å². The molecule has 0 radical (unpaired) electrons. The molecule has 36 heavy (non-hydrogen) atoms. The van der Waals surface area contributed by atoms with Gasteiger partial charge in [0.25, 0.3) is 5.92 Å². The number of halogens is 4. The van der Waals surface area contributed by atoms with E-state index in [-0.39, 0.29) is 41.9 Å². The van der Waals surface area contributed by atoms with Crippen molar-refractivity contribution in [3.8, 4) is 0 Å². The van der Waals surface area contributed by atoms with E-state index in [4.69, 9.17) is 14.5 Å². The summed E-state index contributed by atoms with van der Waals surface area (Å²) in [5.74, 6) is -8.11. The number of ether oxygens (including phenoxy) is 1. The van der Waals surface area contributed by atoms with Crippen LogP contribution >= 0.6 is 7.82 Å². The molecular formula is C25H39F4O6P. The van der Waals surface area contributed by atoms with Gasteiger partial charge in [-0.2, -0.15) is 0 Å². The Balaban J connectivity index is 1.43. The summed E-state index contributed by atoms with van der Waals surface area (Å²) in [5, 5.41) is 0. The molecule has 0 bridgehead atoms. The third-order valence-electron chi connectivity index (χ3n) is 10.6. The van der Waals surface area contributed by atoms with E-state index in [1.54, 1.807) is 0 Å². The number of carbonyl (C=O) groups is 1. The van der Waals surface area contributed by atoms with Crippen molar-refractivity contribution in [2.45, 2.75) is 96.8 Å². The maximum absolute atomic E-state index is 15.8. The minimum Gasteiger partial charge on any atom is -0.438 e. The van der Waals surface area contributed by atoms with Crippen molar-refractivity contribution in [2.75, 3.05) is 6.79 Å². The molecule has 6 nitrogen and oxygen atoms in total. The molecule has 4 aliphatic carbocycles. The third kappa shape index (κ3) is 5.26. The second-order valence-corrected chi connectivity index (χ2v) is 13.7. The van der Waals surface area contributed by atoms with Crippen LogP contribution in [0.15, 0.2) is 0 Å². The molecule has 0 aromatic heterocycles. The van der Waals surface area contributed by atoms with Gasteiger partial charge in [-0.25, -0.2) is 26.7 Å². The molecule has 4 aliphatic rings. The van der Waals surface area contributed by atoms with E-state index in [0.29, 0.717) is 25.7 Å². The normalized spacial score (nSPS) is 42.1. The molecule has 0 aromatic carbocycles. The Hall–Kier alpha value is -0.700. The number of phosphoric ester groups is 1. The lowest BCUT2D eigenvalue weighted by Gasteiger charge is -2.63. The highest BCUT2D eigenvalue weighted by Crippen LogP contribution is 2.71. The molecule has 0 amide bonds. The van der Waals surface area contributed by atoms with Crippen LogP contribution in [-0.4, -0.2) is 34.4 Å². The molecule has 11 heteroatoms. The maximum atomic E-state index is 15.8. The summed E-state index contributed by atoms with van der Waals surface area (Å²) in [6.45, 7) is 5.28. The zero-order valence-corrected chi connectivity index (χ0v) is 22.1. The van der Waals surface area contributed by atoms with Gasteiger partial charge in [-0.3, -0.25) is 4.79 Å². The number of carbonyl (C=O) groups excluding carboxylic acids is 1. The maximum Gasteiger partial charge on any atom is 0.472 e. The van der Waals surface area contributed by atoms with E-state index in [2.05, 4.69) is 11.4 Å². The number of fused-ring (bicyclic) bond motifs is 5. The summed E-state index contributed by atoms with van der Waals surface area (Å²) in [6, 6.07) is 0. The van der Waals surface area contributed by atoms with Gasteiger partial charge in [0.1, 0.15) is 0 Å². The first-order valence-corrected chi connectivity index (χ1v) is 14.6. The third-order valence-corrected chi connectivity index (χ3v) is 11.1. The standard InChI is InChI=1S/C25H39F4O6P/c1-15(4-7-20(30)34-14-35-36(31,32)33)17-5-6-18-21-19(8-9-23(17,18)3)22(2)10-11-24(26,27)12-16(22)13-25(21,28)29/h15-19,21H,4-14H2,1-3H3,(H2,31,32,33). The smallest absolute Gasteiger partial charge is 0.438 e. The Kier molecular flexibility index (Phi) is 7.47. The minimum absolute atomic E-state index is 0.0408. The average molecular weight is 543 g/mol. The summed E-state index contributed by atoms with van der Waals surface area (Å²) >= 11 is 0. The fourth-order valence-electron chi connectivity index (χ4n) is 8.83. The predicted molar refractivity (Wildman–Crippen MR) is 123 cm³/mol. The second kappa shape index (κ2) is 9.49. The lowest BCUT2D eigenvalue weighted by Crippen LogP contribution is -2.61. The van der Waals surface area contributed by atoms with Gasteiger partial charge in [0.05, 0.1) is 0 Å². The Bertz CT molecular complexity index is 896. The highest BCUT2D eigenvalue weighted by atomic mass is 31.2. The SMILES string of the molecule is CC(CCC(=O)OCOP(=O)(O)O)C1CCC2C3C(CCC12C)C1(C)CCC(F)(F)CC1CC3(F)F. The molecule has 0 heterocycles. The van der Waals surface area contributed by atoms with Gasteiger partial charge in [-0.1, -0.05) is 20.8 Å². The summed E-state index contributed by atoms with van der Waals surface area (Å²) < 4.78 is 79.4. The monoisotopic (exact) mass is 542 g/mol. The fraction of sp³-hybridized carbons (Fsp3) is 0.960. The van der Waals surface area contributed by atoms with E-state index in [1.807, 2.05) is 13.8 Å². The Morgan fingerprint density at radius 2 is 1.67 bits per heavy atom. The number of hydrogen-bond acceptors (Lipinski definition) is 4. The molecule has 0 aromatic rings. The van der Waals surface area contributed by atoms with Crippen LogP contribution in [0.25, 0.3) is 0 Å². The van der Waals surface area contributed by atoms with Gasteiger partial charge < -0.3 is 14.5 Å². The molecule has 0 saturated heterocycles. The van der Waals surface area contributed by atoms with Gasteiger partial charge in [0.2, 0.25) is 12.7 Å². The second-order valence-electron chi connectivity index (χ2n) is 12.5. The van der Waals surface area contributed by atoms with Crippen molar-refractivity contribution in [2.24, 2.45) is 46.3 Å². The van der Waals surface area contributed by atoms with Crippen molar-refractivity contribution in [1.82, 2.24) is 0 Å². The topological polar surface area (TPSA) is 93.1 Å². The van der Waals surface area contributed by atoms with E-state index in [0.717, 1.165) is 12.8 Å². The van der Waals surface area contributed by atoms with Crippen molar-refractivity contribution in [3.63, 3.8) is 0 Å². The molecular weight excluding hydrogens is 503 g/mol. The zero-order chi connectivity index (χ0) is 26.7. The summed E-state index contributed by atoms with van der Waals surface area (Å²) in [7, 11) is -4.72. The quantitative estimate of drug-likeness (QED) is 0.164. The summed E-state index contributed by atoms with van der Waals surface area (Å²) in [5.41, 5.74) is -0.781. The highest BCUT2D eigenvalue weighted by molar-refractivity contribution is 7.46. The molecule has 4 fully saturated rings. The molecule has 0 aliphatic heterocycles. The van der Waals surface area contributed by atoms with Crippen LogP contribution in [0.4, 0.5) is 17.6 Å². The van der Waals surface area contributed by atoms with Crippen LogP contribution in [0.3, 0.4) is 0 Å². The van der Waals surface area contributed by atoms with Crippen LogP contribution in [-0.2, 0) is 18.6 Å². The number of rotatable bonds is 7. The first kappa shape index (κ1) is 28.3. The molecule has 208 valence electrons. The van der Waals surface area contributed by atoms with Gasteiger partial charge in [0.15, 0.2) is 0 Å². The first-order valence-electron chi connectivity index (χ1n) is 13.1. The highest BCUT2D eigenvalue weighted by Gasteiger charge is 2.69. The van der Waals surface area contributed by atoms with E-state index in [9.17, 15) is 18.1 Å². The van der Waals surface area contributed by atoms with Crippen molar-refractivity contribution >= 4 is 13.8 Å². The van der Waals surface area contributed by atoms with E-state index >= 15 is 8.78 Å². The van der Waals surface area contributed by atoms with Crippen molar-refractivity contribution < 1.29 is 46.0 Å². The lowest BCUT2D eigenvalue weighted by molar-refractivity contribution is -0.249. The number of phosphoric acid groups is 1. The van der Waals surface area contributed by atoms with Gasteiger partial charge in [0, 0.05) is 31.6 Å². The van der Waals surface area contributed by atoms with Crippen LogP contribution in [0.1, 0.15) is 85.0 Å². The van der Waals surface area contributed by atoms with E-state index < -0.39 is 62.5 Å². The lowest BCUT2D eigenvalue weighted by atomic mass is 9.43. The number of hydrogen-bond donors (Lipinski definition) is 2. The molecule has 8 unspecified atom stereocenters. The summed E-state index contributed by atoms with van der Waals surface area (Å²) in [6.07, 6.45) is 2.59. The zero-order valence-electron chi connectivity index (χ0n) is 21.2. The largest absolute Gasteiger partial charge is 0.472 e. The van der Waals surface area contributed by atoms with Gasteiger partial charge in [-0.15, -0.1) is 0 Å². The molecule has 4 rings (SSSR count). The Morgan fingerprint density at radius 3 is 2.33 bits per heavy atom. The van der Waals surface area contributed by atoms with Crippen molar-refractivity contribution in [1.29, 1.82) is 0 Å². The van der Waals surface area contributed by atoms with E-state index in [1.165, 1.54) is 0 Å². The minimum atomic E-state index is -4.72. The predicted octanol–water partition coefficient (Wildman–Crippen LogP) is 6.55. The molecule has 2 N–H and O–H groups in total. The van der Waals surface area contributed by atoms with Gasteiger partial charge >= 0.3 is 13.8 Å². The van der Waals surface area contributed by atoms with Crippen LogP contribution in [0.5, 0.6) is 0 Å². The molecule has 8 atom stereocenters. The number of alkyl halides is 4.